The SMILES string of the molecule is O=C(O)c1c(F)cc(N[C@H](C2CC2)C(F)(F)F)cc1F. The number of alkyl halides is 3. The van der Waals surface area contributed by atoms with Crippen molar-refractivity contribution in [1.82, 2.24) is 0 Å². The first-order valence-electron chi connectivity index (χ1n) is 5.75. The molecule has 0 bridgehead atoms. The maximum absolute atomic E-state index is 13.4. The minimum Gasteiger partial charge on any atom is -0.477 e. The van der Waals surface area contributed by atoms with Crippen molar-refractivity contribution in [2.45, 2.75) is 25.1 Å². The monoisotopic (exact) mass is 295 g/mol. The number of benzene rings is 1. The van der Waals surface area contributed by atoms with Gasteiger partial charge in [-0.2, -0.15) is 13.2 Å². The van der Waals surface area contributed by atoms with E-state index in [1.165, 1.54) is 0 Å². The third kappa shape index (κ3) is 3.00. The van der Waals surface area contributed by atoms with E-state index in [1.807, 2.05) is 5.32 Å². The van der Waals surface area contributed by atoms with Crippen LogP contribution in [0.25, 0.3) is 0 Å². The van der Waals surface area contributed by atoms with Gasteiger partial charge in [0.2, 0.25) is 0 Å². The molecule has 2 rings (SSSR count). The molecule has 0 spiro atoms. The number of hydrogen-bond acceptors (Lipinski definition) is 2. The summed E-state index contributed by atoms with van der Waals surface area (Å²) in [4.78, 5) is 10.6. The fourth-order valence-corrected chi connectivity index (χ4v) is 1.94. The minimum atomic E-state index is -4.54. The van der Waals surface area contributed by atoms with Crippen molar-refractivity contribution in [1.29, 1.82) is 0 Å². The number of rotatable bonds is 4. The normalized spacial score (nSPS) is 16.9. The smallest absolute Gasteiger partial charge is 0.408 e. The number of hydrogen-bond donors (Lipinski definition) is 2. The van der Waals surface area contributed by atoms with Crippen LogP contribution in [0.2, 0.25) is 0 Å². The molecule has 1 saturated carbocycles. The zero-order valence-electron chi connectivity index (χ0n) is 9.97. The topological polar surface area (TPSA) is 49.3 Å². The van der Waals surface area contributed by atoms with Gasteiger partial charge in [-0.25, -0.2) is 13.6 Å². The van der Waals surface area contributed by atoms with Crippen molar-refractivity contribution < 1.29 is 31.9 Å². The number of carbonyl (C=O) groups is 1. The highest BCUT2D eigenvalue weighted by Gasteiger charge is 2.49. The Kier molecular flexibility index (Phi) is 3.58. The predicted molar refractivity (Wildman–Crippen MR) is 59.5 cm³/mol. The Morgan fingerprint density at radius 2 is 1.75 bits per heavy atom. The van der Waals surface area contributed by atoms with Crippen molar-refractivity contribution >= 4 is 11.7 Å². The zero-order chi connectivity index (χ0) is 15.1. The Bertz CT molecular complexity index is 516. The molecule has 3 nitrogen and oxygen atoms in total. The number of nitrogens with one attached hydrogen (secondary N) is 1. The summed E-state index contributed by atoms with van der Waals surface area (Å²) < 4.78 is 65.0. The average Bonchev–Trinajstić information content (AvgIpc) is 3.06. The Morgan fingerprint density at radius 3 is 2.10 bits per heavy atom. The average molecular weight is 295 g/mol. The molecule has 1 atom stereocenters. The Balaban J connectivity index is 2.27. The fraction of sp³-hybridized carbons (Fsp3) is 0.417. The Hall–Kier alpha value is -1.86. The van der Waals surface area contributed by atoms with Crippen LogP contribution in [-0.4, -0.2) is 23.3 Å². The van der Waals surface area contributed by atoms with Crippen LogP contribution < -0.4 is 5.32 Å². The number of anilines is 1. The molecule has 1 aliphatic rings. The summed E-state index contributed by atoms with van der Waals surface area (Å²) >= 11 is 0. The maximum Gasteiger partial charge on any atom is 0.408 e. The lowest BCUT2D eigenvalue weighted by atomic mass is 10.1. The van der Waals surface area contributed by atoms with E-state index in [9.17, 15) is 26.7 Å². The van der Waals surface area contributed by atoms with Gasteiger partial charge >= 0.3 is 12.1 Å². The van der Waals surface area contributed by atoms with Crippen LogP contribution in [0.3, 0.4) is 0 Å². The first-order valence-corrected chi connectivity index (χ1v) is 5.75. The minimum absolute atomic E-state index is 0.384. The van der Waals surface area contributed by atoms with Crippen LogP contribution >= 0.6 is 0 Å². The second-order valence-electron chi connectivity index (χ2n) is 4.62. The molecular formula is C12H10F5NO2. The number of carboxylic acid groups (broad SMARTS) is 1. The van der Waals surface area contributed by atoms with Gasteiger partial charge in [0.15, 0.2) is 0 Å². The standard InChI is InChI=1S/C12H10F5NO2/c13-7-3-6(4-8(14)9(7)11(19)20)18-10(5-1-2-5)12(15,16)17/h3-5,10,18H,1-2H2,(H,19,20)/t10-/m1/s1. The summed E-state index contributed by atoms with van der Waals surface area (Å²) in [6, 6.07) is -0.793. The molecule has 0 amide bonds. The van der Waals surface area contributed by atoms with E-state index < -0.39 is 47.0 Å². The first-order chi connectivity index (χ1) is 9.20. The number of halogens is 5. The van der Waals surface area contributed by atoms with Gasteiger partial charge in [-0.15, -0.1) is 0 Å². The molecule has 0 saturated heterocycles. The lowest BCUT2D eigenvalue weighted by molar-refractivity contribution is -0.146. The molecule has 1 fully saturated rings. The van der Waals surface area contributed by atoms with Crippen LogP contribution in [0.4, 0.5) is 27.6 Å². The van der Waals surface area contributed by atoms with Gasteiger partial charge in [0.05, 0.1) is 0 Å². The second kappa shape index (κ2) is 4.92. The van der Waals surface area contributed by atoms with E-state index in [1.54, 1.807) is 0 Å². The molecule has 110 valence electrons. The van der Waals surface area contributed by atoms with E-state index in [4.69, 9.17) is 5.11 Å². The Labute approximate surface area is 110 Å². The van der Waals surface area contributed by atoms with Gasteiger partial charge in [0, 0.05) is 5.69 Å². The van der Waals surface area contributed by atoms with Crippen LogP contribution in [-0.2, 0) is 0 Å². The molecule has 0 aromatic heterocycles. The highest BCUT2D eigenvalue weighted by atomic mass is 19.4. The molecule has 0 aliphatic heterocycles. The zero-order valence-corrected chi connectivity index (χ0v) is 9.97. The fourth-order valence-electron chi connectivity index (χ4n) is 1.94. The van der Waals surface area contributed by atoms with Crippen LogP contribution in [0, 0.1) is 17.6 Å². The molecule has 8 heteroatoms. The van der Waals surface area contributed by atoms with E-state index >= 15 is 0 Å². The van der Waals surface area contributed by atoms with Crippen molar-refractivity contribution in [3.63, 3.8) is 0 Å². The third-order valence-electron chi connectivity index (χ3n) is 3.02. The van der Waals surface area contributed by atoms with Crippen molar-refractivity contribution in [2.75, 3.05) is 5.32 Å². The van der Waals surface area contributed by atoms with E-state index in [-0.39, 0.29) is 0 Å². The summed E-state index contributed by atoms with van der Waals surface area (Å²) in [5, 5.41) is 10.6. The maximum atomic E-state index is 13.4. The van der Waals surface area contributed by atoms with Crippen molar-refractivity contribution in [3.8, 4) is 0 Å². The van der Waals surface area contributed by atoms with Crippen LogP contribution in [0.5, 0.6) is 0 Å². The highest BCUT2D eigenvalue weighted by Crippen LogP contribution is 2.41. The summed E-state index contributed by atoms with van der Waals surface area (Å²) in [6.07, 6.45) is -3.77. The number of carboxylic acids is 1. The van der Waals surface area contributed by atoms with Gasteiger partial charge in [0.1, 0.15) is 23.2 Å². The molecule has 0 radical (unpaired) electrons. The predicted octanol–water partition coefficient (Wildman–Crippen LogP) is 3.42. The molecular weight excluding hydrogens is 285 g/mol. The molecule has 1 aliphatic carbocycles. The lowest BCUT2D eigenvalue weighted by Crippen LogP contribution is -2.38. The molecule has 1 aromatic rings. The molecule has 0 unspecified atom stereocenters. The van der Waals surface area contributed by atoms with Gasteiger partial charge in [0.25, 0.3) is 0 Å². The third-order valence-corrected chi connectivity index (χ3v) is 3.02. The second-order valence-corrected chi connectivity index (χ2v) is 4.62. The first kappa shape index (κ1) is 14.5. The molecule has 2 N–H and O–H groups in total. The van der Waals surface area contributed by atoms with Gasteiger partial charge in [-0.05, 0) is 30.9 Å². The highest BCUT2D eigenvalue weighted by molar-refractivity contribution is 5.88. The van der Waals surface area contributed by atoms with Crippen molar-refractivity contribution in [2.24, 2.45) is 5.92 Å². The van der Waals surface area contributed by atoms with Crippen LogP contribution in [0.15, 0.2) is 12.1 Å². The summed E-state index contributed by atoms with van der Waals surface area (Å²) in [6.45, 7) is 0. The van der Waals surface area contributed by atoms with Gasteiger partial charge < -0.3 is 10.4 Å². The summed E-state index contributed by atoms with van der Waals surface area (Å²) in [5.41, 5.74) is -1.62. The molecule has 0 heterocycles. The number of aromatic carboxylic acids is 1. The van der Waals surface area contributed by atoms with E-state index in [2.05, 4.69) is 0 Å². The van der Waals surface area contributed by atoms with Crippen LogP contribution in [0.1, 0.15) is 23.2 Å². The van der Waals surface area contributed by atoms with E-state index in [0.29, 0.717) is 25.0 Å². The summed E-state index contributed by atoms with van der Waals surface area (Å²) in [7, 11) is 0. The molecule has 1 aromatic carbocycles. The molecule has 20 heavy (non-hydrogen) atoms. The van der Waals surface area contributed by atoms with Gasteiger partial charge in [-0.1, -0.05) is 0 Å². The van der Waals surface area contributed by atoms with E-state index in [0.717, 1.165) is 0 Å². The quantitative estimate of drug-likeness (QED) is 0.837. The Morgan fingerprint density at radius 1 is 1.25 bits per heavy atom. The summed E-state index contributed by atoms with van der Waals surface area (Å²) in [5.74, 6) is -5.28. The van der Waals surface area contributed by atoms with Gasteiger partial charge in [-0.3, -0.25) is 0 Å². The van der Waals surface area contributed by atoms with Crippen molar-refractivity contribution in [3.05, 3.63) is 29.3 Å². The lowest BCUT2D eigenvalue weighted by Gasteiger charge is -2.22. The largest absolute Gasteiger partial charge is 0.477 e.